The van der Waals surface area contributed by atoms with Crippen LogP contribution in [0.4, 0.5) is 11.6 Å². The Morgan fingerprint density at radius 2 is 2.06 bits per heavy atom. The van der Waals surface area contributed by atoms with Crippen molar-refractivity contribution in [2.45, 2.75) is 25.8 Å². The van der Waals surface area contributed by atoms with E-state index in [9.17, 15) is 0 Å². The van der Waals surface area contributed by atoms with Crippen LogP contribution in [0.25, 0.3) is 0 Å². The second-order valence-corrected chi connectivity index (χ2v) is 4.81. The SMILES string of the molecule is Cc1nc(NC2CC2)cc(N2CCNCC2)n1. The van der Waals surface area contributed by atoms with Gasteiger partial charge in [-0.2, -0.15) is 0 Å². The molecule has 1 saturated heterocycles. The lowest BCUT2D eigenvalue weighted by molar-refractivity contribution is 0.584. The van der Waals surface area contributed by atoms with Crippen LogP contribution in [0.2, 0.25) is 0 Å². The molecule has 3 rings (SSSR count). The van der Waals surface area contributed by atoms with Gasteiger partial charge < -0.3 is 15.5 Å². The molecule has 2 N–H and O–H groups in total. The molecular formula is C12H19N5. The monoisotopic (exact) mass is 233 g/mol. The third-order valence-electron chi connectivity index (χ3n) is 3.19. The van der Waals surface area contributed by atoms with Gasteiger partial charge in [0.15, 0.2) is 0 Å². The van der Waals surface area contributed by atoms with E-state index in [1.54, 1.807) is 0 Å². The van der Waals surface area contributed by atoms with Crippen molar-refractivity contribution in [1.29, 1.82) is 0 Å². The van der Waals surface area contributed by atoms with E-state index in [0.717, 1.165) is 43.6 Å². The number of hydrogen-bond acceptors (Lipinski definition) is 5. The number of rotatable bonds is 3. The topological polar surface area (TPSA) is 53.1 Å². The van der Waals surface area contributed by atoms with Crippen LogP contribution in [-0.2, 0) is 0 Å². The van der Waals surface area contributed by atoms with Gasteiger partial charge in [-0.05, 0) is 19.8 Å². The van der Waals surface area contributed by atoms with E-state index in [-0.39, 0.29) is 0 Å². The minimum Gasteiger partial charge on any atom is -0.367 e. The van der Waals surface area contributed by atoms with Crippen LogP contribution >= 0.6 is 0 Å². The van der Waals surface area contributed by atoms with Crippen molar-refractivity contribution in [1.82, 2.24) is 15.3 Å². The first-order chi connectivity index (χ1) is 8.31. The van der Waals surface area contributed by atoms with Gasteiger partial charge in [-0.15, -0.1) is 0 Å². The van der Waals surface area contributed by atoms with Crippen molar-refractivity contribution < 1.29 is 0 Å². The zero-order chi connectivity index (χ0) is 11.7. The van der Waals surface area contributed by atoms with Crippen LogP contribution in [0.1, 0.15) is 18.7 Å². The summed E-state index contributed by atoms with van der Waals surface area (Å²) in [4.78, 5) is 11.3. The quantitative estimate of drug-likeness (QED) is 0.807. The fourth-order valence-electron chi connectivity index (χ4n) is 2.12. The molecule has 0 unspecified atom stereocenters. The summed E-state index contributed by atoms with van der Waals surface area (Å²) in [5, 5.41) is 6.80. The summed E-state index contributed by atoms with van der Waals surface area (Å²) < 4.78 is 0. The molecular weight excluding hydrogens is 214 g/mol. The van der Waals surface area contributed by atoms with E-state index in [4.69, 9.17) is 0 Å². The smallest absolute Gasteiger partial charge is 0.134 e. The zero-order valence-corrected chi connectivity index (χ0v) is 10.2. The highest BCUT2D eigenvalue weighted by Gasteiger charge is 2.22. The number of aromatic nitrogens is 2. The number of aryl methyl sites for hydroxylation is 1. The first kappa shape index (κ1) is 10.8. The molecule has 0 spiro atoms. The van der Waals surface area contributed by atoms with E-state index < -0.39 is 0 Å². The summed E-state index contributed by atoms with van der Waals surface area (Å²) in [5.41, 5.74) is 0. The Kier molecular flexibility index (Phi) is 2.84. The molecule has 1 saturated carbocycles. The number of anilines is 2. The van der Waals surface area contributed by atoms with Crippen molar-refractivity contribution in [3.05, 3.63) is 11.9 Å². The molecule has 0 bridgehead atoms. The van der Waals surface area contributed by atoms with Crippen molar-refractivity contribution in [2.75, 3.05) is 36.4 Å². The fourth-order valence-corrected chi connectivity index (χ4v) is 2.12. The average molecular weight is 233 g/mol. The van der Waals surface area contributed by atoms with Crippen LogP contribution in [0.15, 0.2) is 6.07 Å². The second-order valence-electron chi connectivity index (χ2n) is 4.81. The highest BCUT2D eigenvalue weighted by Crippen LogP contribution is 2.25. The predicted molar refractivity (Wildman–Crippen MR) is 68.5 cm³/mol. The van der Waals surface area contributed by atoms with Gasteiger partial charge in [0, 0.05) is 38.3 Å². The zero-order valence-electron chi connectivity index (χ0n) is 10.2. The highest BCUT2D eigenvalue weighted by molar-refractivity contribution is 5.50. The highest BCUT2D eigenvalue weighted by atomic mass is 15.2. The van der Waals surface area contributed by atoms with Gasteiger partial charge in [-0.1, -0.05) is 0 Å². The Hall–Kier alpha value is -1.36. The first-order valence-electron chi connectivity index (χ1n) is 6.39. The number of piperazine rings is 1. The molecule has 17 heavy (non-hydrogen) atoms. The van der Waals surface area contributed by atoms with E-state index in [1.165, 1.54) is 12.8 Å². The van der Waals surface area contributed by atoms with Crippen molar-refractivity contribution in [3.8, 4) is 0 Å². The molecule has 1 aliphatic heterocycles. The molecule has 2 aliphatic rings. The Labute approximate surface area is 102 Å². The van der Waals surface area contributed by atoms with Gasteiger partial charge >= 0.3 is 0 Å². The Morgan fingerprint density at radius 3 is 2.76 bits per heavy atom. The Balaban J connectivity index is 1.79. The summed E-state index contributed by atoms with van der Waals surface area (Å²) in [6, 6.07) is 2.72. The molecule has 1 aromatic heterocycles. The minimum absolute atomic E-state index is 0.639. The van der Waals surface area contributed by atoms with Crippen molar-refractivity contribution in [3.63, 3.8) is 0 Å². The van der Waals surface area contributed by atoms with Crippen LogP contribution in [0.3, 0.4) is 0 Å². The third kappa shape index (κ3) is 2.66. The van der Waals surface area contributed by atoms with E-state index in [1.807, 2.05) is 6.92 Å². The number of nitrogens with zero attached hydrogens (tertiary/aromatic N) is 3. The lowest BCUT2D eigenvalue weighted by atomic mass is 10.3. The van der Waals surface area contributed by atoms with E-state index >= 15 is 0 Å². The molecule has 1 aliphatic carbocycles. The Bertz CT molecular complexity index is 396. The Morgan fingerprint density at radius 1 is 1.29 bits per heavy atom. The second kappa shape index (κ2) is 4.49. The molecule has 5 nitrogen and oxygen atoms in total. The predicted octanol–water partition coefficient (Wildman–Crippen LogP) is 0.769. The van der Waals surface area contributed by atoms with Crippen LogP contribution < -0.4 is 15.5 Å². The normalized spacial score (nSPS) is 20.4. The summed E-state index contributed by atoms with van der Waals surface area (Å²) >= 11 is 0. The first-order valence-corrected chi connectivity index (χ1v) is 6.39. The maximum Gasteiger partial charge on any atom is 0.134 e. The summed E-state index contributed by atoms with van der Waals surface area (Å²) in [6.07, 6.45) is 2.54. The summed E-state index contributed by atoms with van der Waals surface area (Å²) in [6.45, 7) is 6.09. The van der Waals surface area contributed by atoms with Gasteiger partial charge in [0.1, 0.15) is 17.5 Å². The van der Waals surface area contributed by atoms with Crippen LogP contribution in [0.5, 0.6) is 0 Å². The molecule has 0 atom stereocenters. The molecule has 0 radical (unpaired) electrons. The summed E-state index contributed by atoms with van der Waals surface area (Å²) in [7, 11) is 0. The fraction of sp³-hybridized carbons (Fsp3) is 0.667. The minimum atomic E-state index is 0.639. The molecule has 92 valence electrons. The largest absolute Gasteiger partial charge is 0.367 e. The van der Waals surface area contributed by atoms with Gasteiger partial charge in [-0.25, -0.2) is 9.97 Å². The summed E-state index contributed by atoms with van der Waals surface area (Å²) in [5.74, 6) is 2.89. The maximum absolute atomic E-state index is 4.53. The van der Waals surface area contributed by atoms with E-state index in [0.29, 0.717) is 6.04 Å². The van der Waals surface area contributed by atoms with Crippen molar-refractivity contribution in [2.24, 2.45) is 0 Å². The lowest BCUT2D eigenvalue weighted by Gasteiger charge is -2.28. The molecule has 5 heteroatoms. The van der Waals surface area contributed by atoms with Crippen LogP contribution in [-0.4, -0.2) is 42.2 Å². The molecule has 1 aromatic rings. The van der Waals surface area contributed by atoms with Gasteiger partial charge in [-0.3, -0.25) is 0 Å². The molecule has 0 aromatic carbocycles. The van der Waals surface area contributed by atoms with Gasteiger partial charge in [0.25, 0.3) is 0 Å². The standard InChI is InChI=1S/C12H19N5/c1-9-14-11(16-10-2-3-10)8-12(15-9)17-6-4-13-5-7-17/h8,10,13H,2-7H2,1H3,(H,14,15,16). The van der Waals surface area contributed by atoms with E-state index in [2.05, 4.69) is 31.6 Å². The number of hydrogen-bond donors (Lipinski definition) is 2. The number of nitrogens with one attached hydrogen (secondary N) is 2. The maximum atomic E-state index is 4.53. The van der Waals surface area contributed by atoms with Crippen LogP contribution in [0, 0.1) is 6.92 Å². The van der Waals surface area contributed by atoms with Gasteiger partial charge in [0.2, 0.25) is 0 Å². The van der Waals surface area contributed by atoms with Gasteiger partial charge in [0.05, 0.1) is 0 Å². The third-order valence-corrected chi connectivity index (χ3v) is 3.19. The molecule has 2 heterocycles. The average Bonchev–Trinajstić information content (AvgIpc) is 3.13. The lowest BCUT2D eigenvalue weighted by Crippen LogP contribution is -2.44. The van der Waals surface area contributed by atoms with Crippen molar-refractivity contribution >= 4 is 11.6 Å². The molecule has 0 amide bonds. The molecule has 2 fully saturated rings.